The van der Waals surface area contributed by atoms with Gasteiger partial charge >= 0.3 is 11.9 Å². The molecule has 0 aromatic rings. The normalized spacial score (nSPS) is 13.6. The molecule has 0 fully saturated rings. The zero-order chi connectivity index (χ0) is 36.8. The Labute approximate surface area is 307 Å². The average molecular weight is 701 g/mol. The first-order valence-electron chi connectivity index (χ1n) is 20.3. The van der Waals surface area contributed by atoms with Crippen molar-refractivity contribution in [1.82, 2.24) is 0 Å². The van der Waals surface area contributed by atoms with E-state index < -0.39 is 6.10 Å². The van der Waals surface area contributed by atoms with Crippen LogP contribution in [0.2, 0.25) is 0 Å². The Kier molecular flexibility index (Phi) is 36.0. The van der Waals surface area contributed by atoms with E-state index in [-0.39, 0.29) is 37.7 Å². The van der Waals surface area contributed by atoms with Gasteiger partial charge in [0.05, 0.1) is 12.7 Å². The highest BCUT2D eigenvalue weighted by Crippen LogP contribution is 2.15. The number of ether oxygens (including phenoxy) is 2. The summed E-state index contributed by atoms with van der Waals surface area (Å²) in [6.07, 6.45) is 45.2. The monoisotopic (exact) mass is 701 g/mol. The van der Waals surface area contributed by atoms with Crippen molar-refractivity contribution in [2.24, 2.45) is 5.92 Å². The van der Waals surface area contributed by atoms with Crippen molar-refractivity contribution < 1.29 is 29.3 Å². The Balaban J connectivity index is 3.66. The molecule has 288 valence electrons. The molecular formula is C44H76O6. The third-order valence-corrected chi connectivity index (χ3v) is 8.66. The molecule has 0 aliphatic rings. The van der Waals surface area contributed by atoms with Crippen molar-refractivity contribution in [3.05, 3.63) is 60.8 Å². The van der Waals surface area contributed by atoms with Gasteiger partial charge in [0.25, 0.3) is 0 Å². The topological polar surface area (TPSA) is 93.1 Å². The van der Waals surface area contributed by atoms with E-state index in [0.29, 0.717) is 12.8 Å². The number of hydrogen-bond donors (Lipinski definition) is 2. The zero-order valence-electron chi connectivity index (χ0n) is 32.4. The van der Waals surface area contributed by atoms with Gasteiger partial charge in [-0.25, -0.2) is 0 Å². The smallest absolute Gasteiger partial charge is 0.306 e. The lowest BCUT2D eigenvalue weighted by atomic mass is 10.0. The molecule has 0 unspecified atom stereocenters. The quantitative estimate of drug-likeness (QED) is 0.0296. The second-order valence-corrected chi connectivity index (χ2v) is 14.0. The van der Waals surface area contributed by atoms with Crippen molar-refractivity contribution in [2.75, 3.05) is 13.2 Å². The van der Waals surface area contributed by atoms with Crippen LogP contribution in [-0.2, 0) is 19.1 Å². The maximum atomic E-state index is 12.2. The summed E-state index contributed by atoms with van der Waals surface area (Å²) in [5, 5.41) is 19.0. The van der Waals surface area contributed by atoms with Gasteiger partial charge in [0.2, 0.25) is 0 Å². The minimum absolute atomic E-state index is 0.0983. The molecule has 50 heavy (non-hydrogen) atoms. The predicted octanol–water partition coefficient (Wildman–Crippen LogP) is 11.6. The van der Waals surface area contributed by atoms with Crippen molar-refractivity contribution in [1.29, 1.82) is 0 Å². The van der Waals surface area contributed by atoms with Crippen molar-refractivity contribution in [2.45, 2.75) is 187 Å². The van der Waals surface area contributed by atoms with Crippen LogP contribution in [0.3, 0.4) is 0 Å². The molecule has 0 aliphatic carbocycles. The maximum Gasteiger partial charge on any atom is 0.306 e. The van der Waals surface area contributed by atoms with Crippen LogP contribution in [-0.4, -0.2) is 47.6 Å². The Morgan fingerprint density at radius 1 is 0.600 bits per heavy atom. The average Bonchev–Trinajstić information content (AvgIpc) is 3.10. The Morgan fingerprint density at radius 2 is 1.08 bits per heavy atom. The summed E-state index contributed by atoms with van der Waals surface area (Å²) >= 11 is 0. The van der Waals surface area contributed by atoms with Crippen LogP contribution in [0.25, 0.3) is 0 Å². The summed E-state index contributed by atoms with van der Waals surface area (Å²) in [4.78, 5) is 24.3. The van der Waals surface area contributed by atoms with Crippen LogP contribution in [0.1, 0.15) is 175 Å². The van der Waals surface area contributed by atoms with E-state index in [9.17, 15) is 19.8 Å². The van der Waals surface area contributed by atoms with Crippen LogP contribution < -0.4 is 0 Å². The van der Waals surface area contributed by atoms with E-state index >= 15 is 0 Å². The first-order chi connectivity index (χ1) is 24.4. The lowest BCUT2D eigenvalue weighted by Gasteiger charge is -2.15. The van der Waals surface area contributed by atoms with Gasteiger partial charge in [-0.2, -0.15) is 0 Å². The van der Waals surface area contributed by atoms with Gasteiger partial charge < -0.3 is 19.7 Å². The first kappa shape index (κ1) is 47.6. The second kappa shape index (κ2) is 37.8. The fourth-order valence-corrected chi connectivity index (χ4v) is 5.43. The van der Waals surface area contributed by atoms with E-state index in [0.717, 1.165) is 57.3 Å². The van der Waals surface area contributed by atoms with Gasteiger partial charge in [0.15, 0.2) is 6.10 Å². The number of aliphatic hydroxyl groups is 2. The summed E-state index contributed by atoms with van der Waals surface area (Å²) in [6, 6.07) is 0. The number of carbonyl (C=O) groups excluding carboxylic acids is 2. The van der Waals surface area contributed by atoms with E-state index in [2.05, 4.69) is 56.4 Å². The number of rotatable bonds is 35. The number of allylic oxidation sites excluding steroid dienone is 9. The van der Waals surface area contributed by atoms with E-state index in [4.69, 9.17) is 9.47 Å². The van der Waals surface area contributed by atoms with Crippen molar-refractivity contribution >= 4 is 11.9 Å². The summed E-state index contributed by atoms with van der Waals surface area (Å²) in [5.74, 6) is 0.170. The Bertz CT molecular complexity index is 915. The van der Waals surface area contributed by atoms with Crippen LogP contribution >= 0.6 is 0 Å². The van der Waals surface area contributed by atoms with Crippen molar-refractivity contribution in [3.63, 3.8) is 0 Å². The molecule has 2 N–H and O–H groups in total. The van der Waals surface area contributed by atoms with Gasteiger partial charge in [0, 0.05) is 12.8 Å². The Morgan fingerprint density at radius 3 is 1.60 bits per heavy atom. The highest BCUT2D eigenvalue weighted by Gasteiger charge is 2.16. The molecule has 0 saturated heterocycles. The van der Waals surface area contributed by atoms with E-state index in [1.807, 2.05) is 19.1 Å². The summed E-state index contributed by atoms with van der Waals surface area (Å²) in [5.41, 5.74) is 0. The molecule has 0 aromatic heterocycles. The molecule has 0 saturated carbocycles. The molecule has 6 nitrogen and oxygen atoms in total. The van der Waals surface area contributed by atoms with Gasteiger partial charge in [-0.05, 0) is 50.9 Å². The molecule has 0 amide bonds. The fourth-order valence-electron chi connectivity index (χ4n) is 5.43. The standard InChI is InChI=1S/C44H76O6/c1-4-41(46)35-31-27-23-19-15-11-8-9-13-17-21-25-29-33-37-44(48)50-42(38-45)39-49-43(47)36-32-28-24-20-16-12-7-5-6-10-14-18-22-26-30-34-40(2)3/h9,11,13,15,21,23,25,27,31,35,40-42,45-46H,4-8,10,12,14,16-20,22,24,26,28-30,32-34,36-39H2,1-3H3/b13-9-,15-11-,25-21-,27-23-,35-31+/t41-,42+/m1/s1. The first-order valence-corrected chi connectivity index (χ1v) is 20.3. The van der Waals surface area contributed by atoms with Gasteiger partial charge in [-0.1, -0.05) is 178 Å². The third kappa shape index (κ3) is 36.8. The molecule has 0 rings (SSSR count). The molecule has 0 heterocycles. The highest BCUT2D eigenvalue weighted by atomic mass is 16.6. The number of unbranched alkanes of at least 4 members (excludes halogenated alkanes) is 15. The maximum absolute atomic E-state index is 12.2. The van der Waals surface area contributed by atoms with Crippen LogP contribution in [0.5, 0.6) is 0 Å². The summed E-state index contributed by atoms with van der Waals surface area (Å²) in [7, 11) is 0. The van der Waals surface area contributed by atoms with Crippen molar-refractivity contribution in [3.8, 4) is 0 Å². The molecule has 2 atom stereocenters. The summed E-state index contributed by atoms with van der Waals surface area (Å²) < 4.78 is 10.6. The Hall–Kier alpha value is -2.44. The molecule has 0 aromatic carbocycles. The van der Waals surface area contributed by atoms with Gasteiger partial charge in [0.1, 0.15) is 6.61 Å². The highest BCUT2D eigenvalue weighted by molar-refractivity contribution is 5.70. The van der Waals surface area contributed by atoms with Crippen LogP contribution in [0.4, 0.5) is 0 Å². The minimum Gasteiger partial charge on any atom is -0.462 e. The number of carbonyl (C=O) groups is 2. The largest absolute Gasteiger partial charge is 0.462 e. The van der Waals surface area contributed by atoms with E-state index in [1.165, 1.54) is 83.5 Å². The molecule has 0 aliphatic heterocycles. The predicted molar refractivity (Wildman–Crippen MR) is 211 cm³/mol. The number of hydrogen-bond acceptors (Lipinski definition) is 6. The molecule has 0 spiro atoms. The van der Waals surface area contributed by atoms with Gasteiger partial charge in [-0.15, -0.1) is 0 Å². The van der Waals surface area contributed by atoms with Gasteiger partial charge in [-0.3, -0.25) is 9.59 Å². The third-order valence-electron chi connectivity index (χ3n) is 8.66. The lowest BCUT2D eigenvalue weighted by Crippen LogP contribution is -2.28. The molecule has 0 radical (unpaired) electrons. The van der Waals surface area contributed by atoms with Crippen LogP contribution in [0, 0.1) is 5.92 Å². The van der Waals surface area contributed by atoms with Crippen LogP contribution in [0.15, 0.2) is 60.8 Å². The SMILES string of the molecule is CC[C@@H](O)/C=C/C=C\C/C=C\C/C=C\C/C=C\CCCC(=O)O[C@@H](CO)COC(=O)CCCCCCCCCCCCCCCCCC(C)C. The zero-order valence-corrected chi connectivity index (χ0v) is 32.4. The summed E-state index contributed by atoms with van der Waals surface area (Å²) in [6.45, 7) is 6.11. The fraction of sp³-hybridized carbons (Fsp3) is 0.727. The number of esters is 2. The lowest BCUT2D eigenvalue weighted by molar-refractivity contribution is -0.161. The second-order valence-electron chi connectivity index (χ2n) is 14.0. The molecule has 0 bridgehead atoms. The molecular weight excluding hydrogens is 624 g/mol. The minimum atomic E-state index is -0.812. The van der Waals surface area contributed by atoms with E-state index in [1.54, 1.807) is 6.08 Å². The molecule has 6 heteroatoms. The number of aliphatic hydroxyl groups excluding tert-OH is 2.